The van der Waals surface area contributed by atoms with Crippen LogP contribution >= 0.6 is 15.9 Å². The van der Waals surface area contributed by atoms with Gasteiger partial charge in [0.25, 0.3) is 0 Å². The van der Waals surface area contributed by atoms with Crippen molar-refractivity contribution in [3.8, 4) is 11.3 Å². The number of rotatable bonds is 6. The summed E-state index contributed by atoms with van der Waals surface area (Å²) in [4.78, 5) is 19.3. The van der Waals surface area contributed by atoms with Crippen LogP contribution in [0.1, 0.15) is 17.1 Å². The van der Waals surface area contributed by atoms with Gasteiger partial charge in [0, 0.05) is 20.8 Å². The van der Waals surface area contributed by atoms with Crippen molar-refractivity contribution in [2.24, 2.45) is 9.98 Å². The van der Waals surface area contributed by atoms with Crippen LogP contribution < -0.4 is 0 Å². The van der Waals surface area contributed by atoms with E-state index in [1.807, 2.05) is 91.0 Å². The van der Waals surface area contributed by atoms with Crippen LogP contribution in [0.15, 0.2) is 122 Å². The molecule has 0 aliphatic carbocycles. The van der Waals surface area contributed by atoms with Crippen LogP contribution in [0.4, 0.5) is 5.69 Å². The molecule has 6 rings (SSSR count). The Morgan fingerprint density at radius 3 is 2.32 bits per heavy atom. The Kier molecular flexibility index (Phi) is 6.16. The number of furan rings is 1. The Labute approximate surface area is 222 Å². The fourth-order valence-corrected chi connectivity index (χ4v) is 4.73. The molecule has 5 nitrogen and oxygen atoms in total. The number of hydrogen-bond donors (Lipinski definition) is 0. The van der Waals surface area contributed by atoms with Crippen LogP contribution in [0.2, 0.25) is 0 Å². The van der Waals surface area contributed by atoms with E-state index in [-0.39, 0.29) is 0 Å². The summed E-state index contributed by atoms with van der Waals surface area (Å²) >= 11 is 3.55. The van der Waals surface area contributed by atoms with Crippen molar-refractivity contribution < 1.29 is 4.42 Å². The lowest BCUT2D eigenvalue weighted by Crippen LogP contribution is -2.10. The van der Waals surface area contributed by atoms with Gasteiger partial charge in [-0.3, -0.25) is 9.98 Å². The molecule has 0 saturated heterocycles. The molecule has 0 N–H and O–H groups in total. The Bertz CT molecular complexity index is 1780. The zero-order valence-corrected chi connectivity index (χ0v) is 21.4. The molecule has 0 amide bonds. The minimum Gasteiger partial charge on any atom is -0.452 e. The SMILES string of the molecule is C=Nc1c(/C(=N\Cc2ccccc2)c2nc(-c3ccccc3)c3ccccc3n2)oc2ccc(Br)cc12. The number of fused-ring (bicyclic) bond motifs is 2. The summed E-state index contributed by atoms with van der Waals surface area (Å²) in [6.07, 6.45) is 0. The molecule has 0 unspecified atom stereocenters. The molecule has 0 radical (unpaired) electrons. The minimum absolute atomic E-state index is 0.435. The summed E-state index contributed by atoms with van der Waals surface area (Å²) in [5.41, 5.74) is 5.56. The van der Waals surface area contributed by atoms with Gasteiger partial charge in [-0.1, -0.05) is 94.8 Å². The summed E-state index contributed by atoms with van der Waals surface area (Å²) in [6, 6.07) is 34.0. The maximum atomic E-state index is 6.34. The van der Waals surface area contributed by atoms with Crippen molar-refractivity contribution in [3.63, 3.8) is 0 Å². The van der Waals surface area contributed by atoms with Gasteiger partial charge < -0.3 is 4.42 Å². The Hall–Kier alpha value is -4.42. The van der Waals surface area contributed by atoms with Gasteiger partial charge in [0.2, 0.25) is 0 Å². The van der Waals surface area contributed by atoms with E-state index >= 15 is 0 Å². The highest BCUT2D eigenvalue weighted by molar-refractivity contribution is 9.10. The van der Waals surface area contributed by atoms with Crippen molar-refractivity contribution >= 4 is 55.9 Å². The average Bonchev–Trinajstić information content (AvgIpc) is 3.31. The summed E-state index contributed by atoms with van der Waals surface area (Å²) in [7, 11) is 0. The number of nitrogens with zero attached hydrogens (tertiary/aromatic N) is 4. The normalized spacial score (nSPS) is 11.8. The lowest BCUT2D eigenvalue weighted by Gasteiger charge is -2.11. The Morgan fingerprint density at radius 1 is 0.811 bits per heavy atom. The molecular weight excluding hydrogens is 524 g/mol. The number of aromatic nitrogens is 2. The molecule has 0 aliphatic rings. The highest BCUT2D eigenvalue weighted by Crippen LogP contribution is 2.37. The molecule has 0 saturated carbocycles. The van der Waals surface area contributed by atoms with Crippen LogP contribution in [0.25, 0.3) is 33.1 Å². The molecule has 0 spiro atoms. The van der Waals surface area contributed by atoms with Crippen LogP contribution in [0, 0.1) is 0 Å². The lowest BCUT2D eigenvalue weighted by atomic mass is 10.1. The largest absolute Gasteiger partial charge is 0.452 e. The molecule has 0 atom stereocenters. The molecule has 37 heavy (non-hydrogen) atoms. The Morgan fingerprint density at radius 2 is 1.54 bits per heavy atom. The monoisotopic (exact) mass is 544 g/mol. The van der Waals surface area contributed by atoms with Gasteiger partial charge in [-0.05, 0) is 36.5 Å². The smallest absolute Gasteiger partial charge is 0.182 e. The van der Waals surface area contributed by atoms with E-state index in [1.165, 1.54) is 0 Å². The van der Waals surface area contributed by atoms with E-state index in [0.717, 1.165) is 37.6 Å². The third-order valence-electron chi connectivity index (χ3n) is 6.12. The second kappa shape index (κ2) is 9.91. The zero-order chi connectivity index (χ0) is 25.2. The lowest BCUT2D eigenvalue weighted by molar-refractivity contribution is 0.604. The molecule has 6 heteroatoms. The van der Waals surface area contributed by atoms with Gasteiger partial charge in [0.15, 0.2) is 11.6 Å². The van der Waals surface area contributed by atoms with Crippen molar-refractivity contribution in [2.75, 3.05) is 0 Å². The molecular formula is C31H21BrN4O. The van der Waals surface area contributed by atoms with Crippen LogP contribution in [-0.2, 0) is 6.54 Å². The predicted octanol–water partition coefficient (Wildman–Crippen LogP) is 8.18. The van der Waals surface area contributed by atoms with E-state index in [9.17, 15) is 0 Å². The third-order valence-corrected chi connectivity index (χ3v) is 6.62. The zero-order valence-electron chi connectivity index (χ0n) is 19.8. The van der Waals surface area contributed by atoms with Crippen molar-refractivity contribution in [2.45, 2.75) is 6.54 Å². The molecule has 0 fully saturated rings. The van der Waals surface area contributed by atoms with Gasteiger partial charge in [-0.25, -0.2) is 9.97 Å². The number of aliphatic imine (C=N–C) groups is 2. The highest BCUT2D eigenvalue weighted by atomic mass is 79.9. The van der Waals surface area contributed by atoms with E-state index in [4.69, 9.17) is 19.4 Å². The summed E-state index contributed by atoms with van der Waals surface area (Å²) in [5, 5.41) is 1.81. The van der Waals surface area contributed by atoms with Gasteiger partial charge in [-0.15, -0.1) is 0 Å². The van der Waals surface area contributed by atoms with Gasteiger partial charge in [0.05, 0.1) is 17.8 Å². The second-order valence-electron chi connectivity index (χ2n) is 8.51. The first-order valence-electron chi connectivity index (χ1n) is 11.8. The fourth-order valence-electron chi connectivity index (χ4n) is 4.37. The van der Waals surface area contributed by atoms with E-state index in [2.05, 4.69) is 39.8 Å². The highest BCUT2D eigenvalue weighted by Gasteiger charge is 2.24. The summed E-state index contributed by atoms with van der Waals surface area (Å²) < 4.78 is 7.27. The van der Waals surface area contributed by atoms with Crippen LogP contribution in [0.3, 0.4) is 0 Å². The maximum absolute atomic E-state index is 6.34. The number of halogens is 1. The maximum Gasteiger partial charge on any atom is 0.182 e. The van der Waals surface area contributed by atoms with Crippen molar-refractivity contribution in [1.29, 1.82) is 0 Å². The summed E-state index contributed by atoms with van der Waals surface area (Å²) in [5.74, 6) is 0.963. The van der Waals surface area contributed by atoms with E-state index in [0.29, 0.717) is 35.1 Å². The predicted molar refractivity (Wildman–Crippen MR) is 154 cm³/mol. The van der Waals surface area contributed by atoms with Gasteiger partial charge in [0.1, 0.15) is 17.0 Å². The number of benzene rings is 4. The topological polar surface area (TPSA) is 63.6 Å². The average molecular weight is 545 g/mol. The van der Waals surface area contributed by atoms with E-state index in [1.54, 1.807) is 0 Å². The first-order chi connectivity index (χ1) is 18.2. The van der Waals surface area contributed by atoms with Crippen LogP contribution in [0.5, 0.6) is 0 Å². The molecule has 0 aliphatic heterocycles. The third kappa shape index (κ3) is 4.47. The standard InChI is InChI=1S/C31H21BrN4O/c1-33-28-24-18-22(32)16-17-26(24)37-30(28)29(34-19-20-10-4-2-5-11-20)31-35-25-15-9-8-14-23(25)27(36-31)21-12-6-3-7-13-21/h2-18H,1,19H2/b34-29+. The van der Waals surface area contributed by atoms with Crippen LogP contribution in [-0.4, -0.2) is 22.4 Å². The Balaban J connectivity index is 1.62. The minimum atomic E-state index is 0.435. The number of para-hydroxylation sites is 1. The molecule has 178 valence electrons. The first-order valence-corrected chi connectivity index (χ1v) is 12.6. The molecule has 4 aromatic carbocycles. The second-order valence-corrected chi connectivity index (χ2v) is 9.42. The molecule has 2 heterocycles. The van der Waals surface area contributed by atoms with E-state index < -0.39 is 0 Å². The van der Waals surface area contributed by atoms with Crippen molar-refractivity contribution in [1.82, 2.24) is 9.97 Å². The first kappa shape index (κ1) is 23.0. The molecule has 6 aromatic rings. The fraction of sp³-hybridized carbons (Fsp3) is 0.0323. The van der Waals surface area contributed by atoms with Crippen molar-refractivity contribution in [3.05, 3.63) is 125 Å². The van der Waals surface area contributed by atoms with Gasteiger partial charge in [-0.2, -0.15) is 0 Å². The summed E-state index contributed by atoms with van der Waals surface area (Å²) in [6.45, 7) is 4.27. The van der Waals surface area contributed by atoms with Gasteiger partial charge >= 0.3 is 0 Å². The quantitative estimate of drug-likeness (QED) is 0.198. The molecule has 0 bridgehead atoms. The number of hydrogen-bond acceptors (Lipinski definition) is 5. The molecule has 2 aromatic heterocycles.